The van der Waals surface area contributed by atoms with Crippen LogP contribution in [0, 0.1) is 18.8 Å². The molecule has 2 unspecified atom stereocenters. The lowest BCUT2D eigenvalue weighted by Gasteiger charge is -2.34. The first-order chi connectivity index (χ1) is 18.7. The Hall–Kier alpha value is -2.08. The number of hydrogen-bond donors (Lipinski definition) is 0. The Balaban J connectivity index is 0.00000370. The molecule has 2 saturated heterocycles. The molecule has 0 aliphatic carbocycles. The average molecular weight is 607 g/mol. The highest BCUT2D eigenvalue weighted by Crippen LogP contribution is 2.31. The molecule has 1 aromatic heterocycles. The molecule has 3 aromatic rings. The number of amides is 1. The zero-order chi connectivity index (χ0) is 27.6. The normalized spacial score (nSPS) is 20.8. The first kappa shape index (κ1) is 30.9. The summed E-state index contributed by atoms with van der Waals surface area (Å²) in [5.74, 6) is 0.484. The van der Waals surface area contributed by atoms with Crippen LogP contribution in [0.25, 0.3) is 10.2 Å². The maximum Gasteiger partial charge on any atom is 0.260 e. The number of sulfonamides is 1. The quantitative estimate of drug-likeness (QED) is 0.356. The van der Waals surface area contributed by atoms with E-state index in [0.717, 1.165) is 61.5 Å². The standard InChI is InChI=1S/C29H38N4O4S2.ClH/c1-21-5-10-26-27(18-21)38-29(30-26)33(12-4-11-31-13-15-37-16-14-31)28(34)24-6-8-25(9-7-24)39(35,36)32-19-22(2)17-23(3)20-32;/h5-10,18,22-23H,4,11-17,19-20H2,1-3H3;1H. The fraction of sp³-hybridized carbons (Fsp3) is 0.517. The number of rotatable bonds is 8. The van der Waals surface area contributed by atoms with Crippen LogP contribution in [-0.2, 0) is 14.8 Å². The smallest absolute Gasteiger partial charge is 0.260 e. The lowest BCUT2D eigenvalue weighted by molar-refractivity contribution is 0.0376. The largest absolute Gasteiger partial charge is 0.379 e. The maximum absolute atomic E-state index is 13.8. The number of hydrogen-bond acceptors (Lipinski definition) is 7. The Morgan fingerprint density at radius 3 is 2.42 bits per heavy atom. The number of thiazole rings is 1. The Morgan fingerprint density at radius 2 is 1.75 bits per heavy atom. The molecule has 2 aliphatic heterocycles. The number of ether oxygens (including phenoxy) is 1. The molecule has 2 atom stereocenters. The SMILES string of the molecule is Cc1ccc2nc(N(CCCN3CCOCC3)C(=O)c3ccc(S(=O)(=O)N4CC(C)CC(C)C4)cc3)sc2c1.Cl. The molecular formula is C29H39ClN4O4S2. The van der Waals surface area contributed by atoms with Gasteiger partial charge in [0.2, 0.25) is 10.0 Å². The number of carbonyl (C=O) groups excluding carboxylic acids is 1. The number of carbonyl (C=O) groups is 1. The van der Waals surface area contributed by atoms with E-state index in [2.05, 4.69) is 24.8 Å². The van der Waals surface area contributed by atoms with Crippen molar-refractivity contribution in [2.75, 3.05) is 57.4 Å². The Morgan fingerprint density at radius 1 is 1.07 bits per heavy atom. The number of morpholine rings is 1. The summed E-state index contributed by atoms with van der Waals surface area (Å²) in [5.41, 5.74) is 2.48. The lowest BCUT2D eigenvalue weighted by atomic mass is 9.94. The van der Waals surface area contributed by atoms with Crippen LogP contribution in [0.15, 0.2) is 47.4 Å². The Labute approximate surface area is 247 Å². The van der Waals surface area contributed by atoms with Crippen LogP contribution in [0.4, 0.5) is 5.13 Å². The second-order valence-electron chi connectivity index (χ2n) is 11.0. The molecule has 218 valence electrons. The zero-order valence-electron chi connectivity index (χ0n) is 23.4. The van der Waals surface area contributed by atoms with Gasteiger partial charge < -0.3 is 4.74 Å². The van der Waals surface area contributed by atoms with Gasteiger partial charge in [0.05, 0.1) is 28.3 Å². The van der Waals surface area contributed by atoms with E-state index in [1.54, 1.807) is 33.5 Å². The number of aromatic nitrogens is 1. The number of halogens is 1. The molecule has 40 heavy (non-hydrogen) atoms. The van der Waals surface area contributed by atoms with Gasteiger partial charge in [-0.3, -0.25) is 14.6 Å². The minimum Gasteiger partial charge on any atom is -0.379 e. The number of fused-ring (bicyclic) bond motifs is 1. The molecule has 2 aliphatic rings. The molecule has 2 aromatic carbocycles. The molecule has 0 spiro atoms. The molecule has 5 rings (SSSR count). The van der Waals surface area contributed by atoms with E-state index in [1.807, 2.05) is 19.1 Å². The second kappa shape index (κ2) is 13.3. The number of piperidine rings is 1. The van der Waals surface area contributed by atoms with Gasteiger partial charge in [0.25, 0.3) is 5.91 Å². The zero-order valence-corrected chi connectivity index (χ0v) is 25.9. The van der Waals surface area contributed by atoms with Crippen molar-refractivity contribution in [3.63, 3.8) is 0 Å². The van der Waals surface area contributed by atoms with Crippen LogP contribution in [-0.4, -0.2) is 81.0 Å². The number of benzene rings is 2. The summed E-state index contributed by atoms with van der Waals surface area (Å²) < 4.78 is 34.8. The van der Waals surface area contributed by atoms with Gasteiger partial charge in [0, 0.05) is 44.8 Å². The van der Waals surface area contributed by atoms with Gasteiger partial charge in [-0.15, -0.1) is 12.4 Å². The van der Waals surface area contributed by atoms with Crippen LogP contribution < -0.4 is 4.90 Å². The van der Waals surface area contributed by atoms with Crippen molar-refractivity contribution in [3.8, 4) is 0 Å². The van der Waals surface area contributed by atoms with Gasteiger partial charge >= 0.3 is 0 Å². The van der Waals surface area contributed by atoms with Crippen molar-refractivity contribution in [3.05, 3.63) is 53.6 Å². The third kappa shape index (κ3) is 7.03. The monoisotopic (exact) mass is 606 g/mol. The molecule has 0 saturated carbocycles. The van der Waals surface area contributed by atoms with Gasteiger partial charge in [0.1, 0.15) is 0 Å². The van der Waals surface area contributed by atoms with Crippen molar-refractivity contribution < 1.29 is 17.9 Å². The Kier molecular flexibility index (Phi) is 10.2. The van der Waals surface area contributed by atoms with Gasteiger partial charge in [0.15, 0.2) is 5.13 Å². The van der Waals surface area contributed by atoms with Crippen molar-refractivity contribution in [2.24, 2.45) is 11.8 Å². The molecule has 1 amide bonds. The van der Waals surface area contributed by atoms with Gasteiger partial charge in [-0.2, -0.15) is 4.31 Å². The molecule has 2 fully saturated rings. The van der Waals surface area contributed by atoms with Gasteiger partial charge in [-0.05, 0) is 73.6 Å². The fourth-order valence-corrected chi connectivity index (χ4v) is 8.34. The summed E-state index contributed by atoms with van der Waals surface area (Å²) in [4.78, 5) is 22.9. The first-order valence-electron chi connectivity index (χ1n) is 13.8. The highest BCUT2D eigenvalue weighted by molar-refractivity contribution is 7.89. The summed E-state index contributed by atoms with van der Waals surface area (Å²) in [5, 5.41) is 0.663. The van der Waals surface area contributed by atoms with E-state index in [9.17, 15) is 13.2 Å². The molecule has 0 N–H and O–H groups in total. The highest BCUT2D eigenvalue weighted by atomic mass is 35.5. The molecule has 0 bridgehead atoms. The highest BCUT2D eigenvalue weighted by Gasteiger charge is 2.32. The minimum absolute atomic E-state index is 0. The predicted octanol–water partition coefficient (Wildman–Crippen LogP) is 5.06. The Bertz CT molecular complexity index is 1400. The number of nitrogens with zero attached hydrogens (tertiary/aromatic N) is 4. The van der Waals surface area contributed by atoms with Gasteiger partial charge in [-0.25, -0.2) is 13.4 Å². The van der Waals surface area contributed by atoms with Crippen LogP contribution in [0.5, 0.6) is 0 Å². The summed E-state index contributed by atoms with van der Waals surface area (Å²) in [6, 6.07) is 12.5. The molecule has 3 heterocycles. The average Bonchev–Trinajstić information content (AvgIpc) is 3.33. The summed E-state index contributed by atoms with van der Waals surface area (Å²) in [7, 11) is -3.61. The van der Waals surface area contributed by atoms with Crippen LogP contribution in [0.3, 0.4) is 0 Å². The van der Waals surface area contributed by atoms with E-state index in [4.69, 9.17) is 9.72 Å². The minimum atomic E-state index is -3.61. The van der Waals surface area contributed by atoms with E-state index in [0.29, 0.717) is 42.2 Å². The van der Waals surface area contributed by atoms with E-state index in [1.165, 1.54) is 11.3 Å². The van der Waals surface area contributed by atoms with E-state index in [-0.39, 0.29) is 23.2 Å². The van der Waals surface area contributed by atoms with Crippen LogP contribution >= 0.6 is 23.7 Å². The van der Waals surface area contributed by atoms with Gasteiger partial charge in [-0.1, -0.05) is 31.3 Å². The summed E-state index contributed by atoms with van der Waals surface area (Å²) in [6.07, 6.45) is 1.84. The van der Waals surface area contributed by atoms with Crippen molar-refractivity contribution >= 4 is 55.0 Å². The summed E-state index contributed by atoms with van der Waals surface area (Å²) >= 11 is 1.51. The van der Waals surface area contributed by atoms with Crippen molar-refractivity contribution in [2.45, 2.75) is 38.5 Å². The first-order valence-corrected chi connectivity index (χ1v) is 16.1. The molecule has 0 radical (unpaired) electrons. The molecule has 8 nitrogen and oxygen atoms in total. The fourth-order valence-electron chi connectivity index (χ4n) is 5.57. The number of anilines is 1. The number of aryl methyl sites for hydroxylation is 1. The third-order valence-electron chi connectivity index (χ3n) is 7.54. The predicted molar refractivity (Wildman–Crippen MR) is 163 cm³/mol. The van der Waals surface area contributed by atoms with Crippen molar-refractivity contribution in [1.29, 1.82) is 0 Å². The molecular weight excluding hydrogens is 568 g/mol. The topological polar surface area (TPSA) is 83.0 Å². The van der Waals surface area contributed by atoms with Crippen LogP contribution in [0.1, 0.15) is 42.6 Å². The van der Waals surface area contributed by atoms with E-state index >= 15 is 0 Å². The second-order valence-corrected chi connectivity index (χ2v) is 14.0. The van der Waals surface area contributed by atoms with E-state index < -0.39 is 10.0 Å². The van der Waals surface area contributed by atoms with Crippen LogP contribution in [0.2, 0.25) is 0 Å². The molecule has 11 heteroatoms. The summed E-state index contributed by atoms with van der Waals surface area (Å²) in [6.45, 7) is 12.0. The van der Waals surface area contributed by atoms with Crippen molar-refractivity contribution in [1.82, 2.24) is 14.2 Å². The third-order valence-corrected chi connectivity index (χ3v) is 10.4. The maximum atomic E-state index is 13.8. The lowest BCUT2D eigenvalue weighted by Crippen LogP contribution is -2.42.